The van der Waals surface area contributed by atoms with Gasteiger partial charge >= 0.3 is 0 Å². The van der Waals surface area contributed by atoms with Gasteiger partial charge in [-0.25, -0.2) is 9.97 Å². The van der Waals surface area contributed by atoms with E-state index in [0.717, 1.165) is 83.4 Å². The van der Waals surface area contributed by atoms with E-state index in [-0.39, 0.29) is 0 Å². The van der Waals surface area contributed by atoms with Crippen molar-refractivity contribution in [3.63, 3.8) is 0 Å². The maximum Gasteiger partial charge on any atom is 0.0897 e. The van der Waals surface area contributed by atoms with Gasteiger partial charge in [0.2, 0.25) is 0 Å². The molecule has 38 heavy (non-hydrogen) atoms. The third-order valence-corrected chi connectivity index (χ3v) is 7.19. The number of hydrogen-bond acceptors (Lipinski definition) is 4. The van der Waals surface area contributed by atoms with Gasteiger partial charge in [0.25, 0.3) is 0 Å². The molecule has 0 saturated heterocycles. The van der Waals surface area contributed by atoms with E-state index in [2.05, 4.69) is 72.4 Å². The molecule has 0 aromatic carbocycles. The highest BCUT2D eigenvalue weighted by atomic mass is 16.5. The van der Waals surface area contributed by atoms with Gasteiger partial charge in [0, 0.05) is 25.3 Å². The van der Waals surface area contributed by atoms with Crippen LogP contribution in [0.5, 0.6) is 0 Å². The molecule has 2 aliphatic heterocycles. The lowest BCUT2D eigenvalue weighted by Crippen LogP contribution is -1.90. The van der Waals surface area contributed by atoms with Crippen LogP contribution in [0.2, 0.25) is 0 Å². The fourth-order valence-electron chi connectivity index (χ4n) is 5.21. The first-order valence-corrected chi connectivity index (χ1v) is 13.7. The zero-order valence-corrected chi connectivity index (χ0v) is 23.0. The summed E-state index contributed by atoms with van der Waals surface area (Å²) >= 11 is 0. The van der Waals surface area contributed by atoms with E-state index in [9.17, 15) is 0 Å². The van der Waals surface area contributed by atoms with Crippen LogP contribution in [0.25, 0.3) is 45.4 Å². The molecule has 2 aliphatic rings. The lowest BCUT2D eigenvalue weighted by atomic mass is 10.1. The summed E-state index contributed by atoms with van der Waals surface area (Å²) < 4.78 is 10.8. The average Bonchev–Trinajstić information content (AvgIpc) is 3.69. The van der Waals surface area contributed by atoms with E-state index in [4.69, 9.17) is 19.4 Å². The number of aromatic nitrogens is 4. The van der Waals surface area contributed by atoms with Crippen LogP contribution in [-0.4, -0.2) is 47.4 Å². The SMILES string of the molecule is CCCc1cc2[nH]c1ccc1nc(c3nc(ccc4[nH]c2cc4CCC)C(CCOC)=C3)C=C1CCOC. The Bertz CT molecular complexity index is 1410. The molecule has 3 aromatic rings. The summed E-state index contributed by atoms with van der Waals surface area (Å²) in [5, 5.41) is 0. The summed E-state index contributed by atoms with van der Waals surface area (Å²) in [6.07, 6.45) is 10.1. The number of rotatable bonds is 10. The zero-order valence-electron chi connectivity index (χ0n) is 23.0. The second-order valence-electron chi connectivity index (χ2n) is 10.00. The minimum atomic E-state index is 0.649. The van der Waals surface area contributed by atoms with Gasteiger partial charge in [-0.15, -0.1) is 0 Å². The first-order valence-electron chi connectivity index (χ1n) is 13.7. The van der Waals surface area contributed by atoms with Crippen molar-refractivity contribution in [3.05, 3.63) is 70.3 Å². The molecule has 3 aromatic heterocycles. The number of ether oxygens (including phenoxy) is 2. The Labute approximate surface area is 224 Å². The Morgan fingerprint density at radius 2 is 1.05 bits per heavy atom. The van der Waals surface area contributed by atoms with E-state index < -0.39 is 0 Å². The van der Waals surface area contributed by atoms with E-state index >= 15 is 0 Å². The van der Waals surface area contributed by atoms with Crippen molar-refractivity contribution in [1.29, 1.82) is 0 Å². The Morgan fingerprint density at radius 1 is 0.605 bits per heavy atom. The minimum Gasteiger partial charge on any atom is -0.384 e. The smallest absolute Gasteiger partial charge is 0.0897 e. The largest absolute Gasteiger partial charge is 0.384 e. The van der Waals surface area contributed by atoms with Crippen LogP contribution in [0.4, 0.5) is 0 Å². The van der Waals surface area contributed by atoms with Crippen molar-refractivity contribution in [2.45, 2.75) is 52.4 Å². The maximum atomic E-state index is 5.39. The van der Waals surface area contributed by atoms with Crippen LogP contribution in [0.1, 0.15) is 73.4 Å². The Morgan fingerprint density at radius 3 is 1.45 bits per heavy atom. The molecule has 0 unspecified atom stereocenters. The van der Waals surface area contributed by atoms with Crippen molar-refractivity contribution in [1.82, 2.24) is 19.9 Å². The predicted octanol–water partition coefficient (Wildman–Crippen LogP) is 7.37. The highest BCUT2D eigenvalue weighted by Gasteiger charge is 2.17. The average molecular weight is 511 g/mol. The fraction of sp³-hybridized carbons (Fsp3) is 0.375. The van der Waals surface area contributed by atoms with Gasteiger partial charge in [0.15, 0.2) is 0 Å². The van der Waals surface area contributed by atoms with Gasteiger partial charge in [-0.05, 0) is 96.5 Å². The number of fused-ring (bicyclic) bond motifs is 10. The number of hydrogen-bond donors (Lipinski definition) is 2. The topological polar surface area (TPSA) is 75.8 Å². The molecule has 5 rings (SSSR count). The van der Waals surface area contributed by atoms with E-state index in [1.165, 1.54) is 22.3 Å². The first kappa shape index (κ1) is 26.1. The number of aryl methyl sites for hydroxylation is 2. The highest BCUT2D eigenvalue weighted by molar-refractivity contribution is 5.90. The van der Waals surface area contributed by atoms with E-state index in [1.807, 2.05) is 0 Å². The highest BCUT2D eigenvalue weighted by Crippen LogP contribution is 2.31. The Balaban J connectivity index is 1.80. The number of methoxy groups -OCH3 is 2. The van der Waals surface area contributed by atoms with Gasteiger partial charge in [-0.3, -0.25) is 0 Å². The fourth-order valence-corrected chi connectivity index (χ4v) is 5.21. The molecule has 0 saturated carbocycles. The molecular weight excluding hydrogens is 472 g/mol. The van der Waals surface area contributed by atoms with Crippen LogP contribution in [-0.2, 0) is 22.3 Å². The summed E-state index contributed by atoms with van der Waals surface area (Å²) in [7, 11) is 3.48. The molecular formula is C32H38N4O2. The third kappa shape index (κ3) is 5.52. The van der Waals surface area contributed by atoms with Crippen molar-refractivity contribution in [2.75, 3.05) is 27.4 Å². The molecule has 198 valence electrons. The lowest BCUT2D eigenvalue weighted by Gasteiger charge is -2.00. The molecule has 0 aliphatic carbocycles. The first-order chi connectivity index (χ1) is 18.6. The second-order valence-corrected chi connectivity index (χ2v) is 10.00. The van der Waals surface area contributed by atoms with Gasteiger partial charge in [0.1, 0.15) is 0 Å². The second kappa shape index (κ2) is 11.9. The summed E-state index contributed by atoms with van der Waals surface area (Å²) in [6.45, 7) is 5.75. The number of H-pyrrole nitrogens is 2. The van der Waals surface area contributed by atoms with E-state index in [1.54, 1.807) is 14.2 Å². The van der Waals surface area contributed by atoms with Crippen molar-refractivity contribution in [3.8, 4) is 0 Å². The Kier molecular flexibility index (Phi) is 8.20. The Hall–Kier alpha value is -3.48. The standard InChI is InChI=1S/C32H38N4O2/c1-5-7-21-17-29-30-18-22(8-6-2)26(34-30)10-12-28-24(14-16-38-4)20-32(36-28)31-19-23(13-15-37-3)27(35-31)11-9-25(21)33-29/h9-12,17-20,33-34H,5-8,13-16H2,1-4H3. The molecule has 8 bridgehead atoms. The van der Waals surface area contributed by atoms with Crippen LogP contribution in [0.3, 0.4) is 0 Å². The minimum absolute atomic E-state index is 0.649. The lowest BCUT2D eigenvalue weighted by molar-refractivity contribution is 0.206. The number of aromatic amines is 2. The van der Waals surface area contributed by atoms with Crippen LogP contribution in [0.15, 0.2) is 36.4 Å². The quantitative estimate of drug-likeness (QED) is 0.298. The van der Waals surface area contributed by atoms with E-state index in [0.29, 0.717) is 13.2 Å². The summed E-state index contributed by atoms with van der Waals surface area (Å²) in [5.74, 6) is 0. The molecule has 0 amide bonds. The summed E-state index contributed by atoms with van der Waals surface area (Å²) in [6, 6.07) is 13.2. The predicted molar refractivity (Wildman–Crippen MR) is 158 cm³/mol. The van der Waals surface area contributed by atoms with Crippen molar-refractivity contribution in [2.24, 2.45) is 0 Å². The number of nitrogens with zero attached hydrogens (tertiary/aromatic N) is 2. The molecule has 0 fully saturated rings. The zero-order chi connectivity index (χ0) is 26.5. The van der Waals surface area contributed by atoms with Gasteiger partial charge < -0.3 is 19.4 Å². The summed E-state index contributed by atoms with van der Waals surface area (Å²) in [4.78, 5) is 17.4. The molecule has 5 heterocycles. The van der Waals surface area contributed by atoms with Crippen LogP contribution < -0.4 is 0 Å². The van der Waals surface area contributed by atoms with Crippen molar-refractivity contribution < 1.29 is 9.47 Å². The molecule has 2 N–H and O–H groups in total. The molecule has 0 radical (unpaired) electrons. The normalized spacial score (nSPS) is 13.1. The van der Waals surface area contributed by atoms with Gasteiger partial charge in [-0.1, -0.05) is 26.7 Å². The number of nitrogens with one attached hydrogen (secondary N) is 2. The molecule has 0 atom stereocenters. The van der Waals surface area contributed by atoms with Crippen LogP contribution >= 0.6 is 0 Å². The monoisotopic (exact) mass is 510 g/mol. The molecule has 6 heteroatoms. The van der Waals surface area contributed by atoms with Crippen LogP contribution in [0, 0.1) is 0 Å². The van der Waals surface area contributed by atoms with Crippen molar-refractivity contribution >= 4 is 45.4 Å². The summed E-state index contributed by atoms with van der Waals surface area (Å²) in [5.41, 5.74) is 13.2. The van der Waals surface area contributed by atoms with Gasteiger partial charge in [-0.2, -0.15) is 0 Å². The molecule has 6 nitrogen and oxygen atoms in total. The molecule has 0 spiro atoms. The third-order valence-electron chi connectivity index (χ3n) is 7.19. The van der Waals surface area contributed by atoms with Gasteiger partial charge in [0.05, 0.1) is 47.0 Å². The maximum absolute atomic E-state index is 5.39.